The number of likely N-dealkylation sites (N-methyl/N-ethyl adjacent to an activating group) is 1. The summed E-state index contributed by atoms with van der Waals surface area (Å²) in [6.07, 6.45) is 1.69. The fraction of sp³-hybridized carbons (Fsp3) is 0.417. The molecule has 7 heteroatoms. The lowest BCUT2D eigenvalue weighted by molar-refractivity contribution is -0.122. The Kier molecular flexibility index (Phi) is 6.73. The van der Waals surface area contributed by atoms with E-state index in [1.807, 2.05) is 76.6 Å². The lowest BCUT2D eigenvalue weighted by atomic mass is 10.0. The lowest BCUT2D eigenvalue weighted by Crippen LogP contribution is -2.42. The van der Waals surface area contributed by atoms with E-state index in [4.69, 9.17) is 4.98 Å². The summed E-state index contributed by atoms with van der Waals surface area (Å²) in [6, 6.07) is 9.91. The van der Waals surface area contributed by atoms with Crippen LogP contribution in [0.1, 0.15) is 56.6 Å². The van der Waals surface area contributed by atoms with Gasteiger partial charge in [-0.25, -0.2) is 9.67 Å². The molecule has 0 radical (unpaired) electrons. The minimum absolute atomic E-state index is 0.00927. The number of carbonyl (C=O) groups excluding carboxylic acids is 2. The van der Waals surface area contributed by atoms with Crippen LogP contribution < -0.4 is 5.32 Å². The molecule has 1 aromatic carbocycles. The molecule has 0 fully saturated rings. The van der Waals surface area contributed by atoms with Gasteiger partial charge in [-0.3, -0.25) is 9.59 Å². The molecule has 164 valence electrons. The van der Waals surface area contributed by atoms with E-state index in [0.717, 1.165) is 16.8 Å². The molecule has 0 aliphatic heterocycles. The van der Waals surface area contributed by atoms with Gasteiger partial charge in [-0.2, -0.15) is 5.10 Å². The standard InChI is InChI=1S/C24H31N5O2/c1-7-28(14-22(30)26-15(2)3)24(31)19-12-21(18-11-9-8-10-17(18)6)27-23-20(19)13-25-29(23)16(4)5/h8-13,15-16H,7,14H2,1-6H3,(H,26,30). The van der Waals surface area contributed by atoms with Crippen LogP contribution in [0.4, 0.5) is 0 Å². The van der Waals surface area contributed by atoms with Crippen LogP contribution in [0.2, 0.25) is 0 Å². The smallest absolute Gasteiger partial charge is 0.255 e. The average Bonchev–Trinajstić information content (AvgIpc) is 3.15. The third-order valence-electron chi connectivity index (χ3n) is 5.16. The highest BCUT2D eigenvalue weighted by molar-refractivity contribution is 6.07. The summed E-state index contributed by atoms with van der Waals surface area (Å²) in [4.78, 5) is 32.3. The molecule has 0 spiro atoms. The number of hydrogen-bond donors (Lipinski definition) is 1. The van der Waals surface area contributed by atoms with Crippen LogP contribution in [-0.4, -0.2) is 50.6 Å². The molecule has 0 atom stereocenters. The van der Waals surface area contributed by atoms with Gasteiger partial charge in [0.05, 0.1) is 29.4 Å². The maximum absolute atomic E-state index is 13.5. The van der Waals surface area contributed by atoms with Crippen molar-refractivity contribution in [3.63, 3.8) is 0 Å². The van der Waals surface area contributed by atoms with Crippen molar-refractivity contribution in [3.05, 3.63) is 47.7 Å². The maximum atomic E-state index is 13.5. The summed E-state index contributed by atoms with van der Waals surface area (Å²) in [5, 5.41) is 8.03. The predicted molar refractivity (Wildman–Crippen MR) is 123 cm³/mol. The van der Waals surface area contributed by atoms with Crippen molar-refractivity contribution in [2.45, 2.75) is 53.6 Å². The van der Waals surface area contributed by atoms with E-state index in [-0.39, 0.29) is 30.4 Å². The Hall–Kier alpha value is -3.22. The monoisotopic (exact) mass is 421 g/mol. The minimum Gasteiger partial charge on any atom is -0.352 e. The Labute approximate surface area is 183 Å². The van der Waals surface area contributed by atoms with Crippen molar-refractivity contribution in [1.82, 2.24) is 25.0 Å². The van der Waals surface area contributed by atoms with E-state index < -0.39 is 0 Å². The summed E-state index contributed by atoms with van der Waals surface area (Å²) in [5.41, 5.74) is 3.94. The van der Waals surface area contributed by atoms with Crippen molar-refractivity contribution < 1.29 is 9.59 Å². The molecule has 3 aromatic rings. The van der Waals surface area contributed by atoms with Crippen LogP contribution in [0.3, 0.4) is 0 Å². The van der Waals surface area contributed by atoms with Gasteiger partial charge in [0.25, 0.3) is 5.91 Å². The first-order valence-corrected chi connectivity index (χ1v) is 10.8. The average molecular weight is 422 g/mol. The molecule has 3 rings (SSSR count). The molecule has 1 N–H and O–H groups in total. The van der Waals surface area contributed by atoms with E-state index in [2.05, 4.69) is 10.4 Å². The zero-order valence-corrected chi connectivity index (χ0v) is 19.1. The van der Waals surface area contributed by atoms with Gasteiger partial charge >= 0.3 is 0 Å². The van der Waals surface area contributed by atoms with Crippen molar-refractivity contribution in [1.29, 1.82) is 0 Å². The van der Waals surface area contributed by atoms with Gasteiger partial charge in [0.2, 0.25) is 5.91 Å². The number of nitrogens with one attached hydrogen (secondary N) is 1. The van der Waals surface area contributed by atoms with E-state index in [9.17, 15) is 9.59 Å². The van der Waals surface area contributed by atoms with Gasteiger partial charge in [-0.1, -0.05) is 24.3 Å². The fourth-order valence-corrected chi connectivity index (χ4v) is 3.61. The molecule has 0 aliphatic rings. The Morgan fingerprint density at radius 2 is 1.87 bits per heavy atom. The van der Waals surface area contributed by atoms with Gasteiger partial charge in [0.1, 0.15) is 0 Å². The second kappa shape index (κ2) is 9.29. The highest BCUT2D eigenvalue weighted by atomic mass is 16.2. The van der Waals surface area contributed by atoms with E-state index in [0.29, 0.717) is 23.1 Å². The summed E-state index contributed by atoms with van der Waals surface area (Å²) in [7, 11) is 0. The third-order valence-corrected chi connectivity index (χ3v) is 5.16. The molecule has 0 saturated heterocycles. The van der Waals surface area contributed by atoms with Crippen LogP contribution in [0, 0.1) is 6.92 Å². The highest BCUT2D eigenvalue weighted by Crippen LogP contribution is 2.28. The number of fused-ring (bicyclic) bond motifs is 1. The zero-order chi connectivity index (χ0) is 22.7. The molecule has 2 heterocycles. The molecule has 31 heavy (non-hydrogen) atoms. The number of benzene rings is 1. The van der Waals surface area contributed by atoms with Gasteiger partial charge in [0, 0.05) is 24.2 Å². The highest BCUT2D eigenvalue weighted by Gasteiger charge is 2.24. The first-order valence-electron chi connectivity index (χ1n) is 10.8. The van der Waals surface area contributed by atoms with E-state index in [1.165, 1.54) is 0 Å². The minimum atomic E-state index is -0.202. The number of pyridine rings is 1. The van der Waals surface area contributed by atoms with Gasteiger partial charge in [0.15, 0.2) is 5.65 Å². The lowest BCUT2D eigenvalue weighted by Gasteiger charge is -2.22. The topological polar surface area (TPSA) is 80.1 Å². The molecule has 0 unspecified atom stereocenters. The normalized spacial score (nSPS) is 11.4. The number of amides is 2. The summed E-state index contributed by atoms with van der Waals surface area (Å²) in [6.45, 7) is 12.2. The van der Waals surface area contributed by atoms with E-state index in [1.54, 1.807) is 11.1 Å². The Balaban J connectivity index is 2.13. The van der Waals surface area contributed by atoms with Crippen LogP contribution in [0.5, 0.6) is 0 Å². The molecule has 0 bridgehead atoms. The Morgan fingerprint density at radius 1 is 1.16 bits per heavy atom. The van der Waals surface area contributed by atoms with Gasteiger partial charge < -0.3 is 10.2 Å². The number of hydrogen-bond acceptors (Lipinski definition) is 4. The molecular formula is C24H31N5O2. The molecule has 2 amide bonds. The second-order valence-corrected chi connectivity index (χ2v) is 8.33. The van der Waals surface area contributed by atoms with Gasteiger partial charge in [-0.15, -0.1) is 0 Å². The zero-order valence-electron chi connectivity index (χ0n) is 19.1. The van der Waals surface area contributed by atoms with Crippen LogP contribution >= 0.6 is 0 Å². The van der Waals surface area contributed by atoms with Gasteiger partial charge in [-0.05, 0) is 53.2 Å². The van der Waals surface area contributed by atoms with Crippen LogP contribution in [0.25, 0.3) is 22.3 Å². The van der Waals surface area contributed by atoms with Crippen molar-refractivity contribution >= 4 is 22.8 Å². The first-order chi connectivity index (χ1) is 14.7. The largest absolute Gasteiger partial charge is 0.352 e. The number of aromatic nitrogens is 3. The SMILES string of the molecule is CCN(CC(=O)NC(C)C)C(=O)c1cc(-c2ccccc2C)nc2c1cnn2C(C)C. The van der Waals surface area contributed by atoms with E-state index >= 15 is 0 Å². The fourth-order valence-electron chi connectivity index (χ4n) is 3.61. The van der Waals surface area contributed by atoms with Crippen molar-refractivity contribution in [3.8, 4) is 11.3 Å². The molecule has 0 aliphatic carbocycles. The number of aryl methyl sites for hydroxylation is 1. The number of carbonyl (C=O) groups is 2. The second-order valence-electron chi connectivity index (χ2n) is 8.33. The third kappa shape index (κ3) is 4.76. The molecule has 7 nitrogen and oxygen atoms in total. The Bertz CT molecular complexity index is 1100. The molecular weight excluding hydrogens is 390 g/mol. The maximum Gasteiger partial charge on any atom is 0.255 e. The number of nitrogens with zero attached hydrogens (tertiary/aromatic N) is 4. The van der Waals surface area contributed by atoms with Crippen molar-refractivity contribution in [2.75, 3.05) is 13.1 Å². The first kappa shape index (κ1) is 22.5. The number of rotatable bonds is 7. The quantitative estimate of drug-likeness (QED) is 0.626. The van der Waals surface area contributed by atoms with Crippen LogP contribution in [-0.2, 0) is 4.79 Å². The molecule has 2 aromatic heterocycles. The van der Waals surface area contributed by atoms with Crippen LogP contribution in [0.15, 0.2) is 36.5 Å². The summed E-state index contributed by atoms with van der Waals surface area (Å²) >= 11 is 0. The summed E-state index contributed by atoms with van der Waals surface area (Å²) in [5.74, 6) is -0.376. The molecule has 0 saturated carbocycles. The summed E-state index contributed by atoms with van der Waals surface area (Å²) < 4.78 is 1.83. The van der Waals surface area contributed by atoms with Crippen molar-refractivity contribution in [2.24, 2.45) is 0 Å². The predicted octanol–water partition coefficient (Wildman–Crippen LogP) is 3.97. The Morgan fingerprint density at radius 3 is 2.48 bits per heavy atom.